The van der Waals surface area contributed by atoms with Crippen LogP contribution in [0.2, 0.25) is 5.02 Å². The van der Waals surface area contributed by atoms with Crippen LogP contribution in [0.5, 0.6) is 11.5 Å². The Kier molecular flexibility index (Phi) is 7.76. The molecule has 1 atom stereocenters. The summed E-state index contributed by atoms with van der Waals surface area (Å²) in [6.07, 6.45) is 3.53. The highest BCUT2D eigenvalue weighted by molar-refractivity contribution is 6.30. The third-order valence-electron chi connectivity index (χ3n) is 6.07. The molecule has 0 aliphatic carbocycles. The van der Waals surface area contributed by atoms with Crippen LogP contribution in [0.25, 0.3) is 6.08 Å². The number of ether oxygens (including phenoxy) is 2. The normalized spacial score (nSPS) is 15.6. The Balaban J connectivity index is 1.64. The number of allylic oxidation sites excluding steroid dienone is 1. The Hall–Kier alpha value is -4.03. The summed E-state index contributed by atoms with van der Waals surface area (Å²) in [5, 5.41) is 11.3. The first-order valence-corrected chi connectivity index (χ1v) is 11.8. The number of hydrogen-bond acceptors (Lipinski definition) is 5. The van der Waals surface area contributed by atoms with Crippen LogP contribution < -0.4 is 9.47 Å². The molecular formula is C29H26ClNO5. The van der Waals surface area contributed by atoms with E-state index in [0.29, 0.717) is 28.5 Å². The van der Waals surface area contributed by atoms with E-state index >= 15 is 0 Å². The van der Waals surface area contributed by atoms with E-state index in [2.05, 4.69) is 0 Å². The van der Waals surface area contributed by atoms with E-state index in [4.69, 9.17) is 21.1 Å². The number of hydrogen-bond donors (Lipinski definition) is 1. The second-order valence-corrected chi connectivity index (χ2v) is 8.70. The second kappa shape index (κ2) is 11.1. The van der Waals surface area contributed by atoms with Gasteiger partial charge in [0, 0.05) is 11.6 Å². The van der Waals surface area contributed by atoms with Gasteiger partial charge in [-0.2, -0.15) is 0 Å². The SMILES string of the molecule is COc1ccc(CCN2C(=O)C(O)=C(C(=O)/C=C/c3ccccc3)C2c2ccc(Cl)cc2)cc1OC. The average Bonchev–Trinajstić information content (AvgIpc) is 3.16. The molecule has 36 heavy (non-hydrogen) atoms. The number of carbonyl (C=O) groups excluding carboxylic acids is 2. The molecule has 1 unspecified atom stereocenters. The van der Waals surface area contributed by atoms with E-state index in [9.17, 15) is 14.7 Å². The average molecular weight is 504 g/mol. The van der Waals surface area contributed by atoms with E-state index < -0.39 is 23.5 Å². The van der Waals surface area contributed by atoms with Crippen LogP contribution >= 0.6 is 11.6 Å². The number of aliphatic hydroxyl groups excluding tert-OH is 1. The van der Waals surface area contributed by atoms with Crippen LogP contribution in [0, 0.1) is 0 Å². The van der Waals surface area contributed by atoms with Crippen molar-refractivity contribution in [1.82, 2.24) is 4.90 Å². The van der Waals surface area contributed by atoms with Gasteiger partial charge in [0.2, 0.25) is 0 Å². The maximum absolute atomic E-state index is 13.3. The highest BCUT2D eigenvalue weighted by atomic mass is 35.5. The zero-order chi connectivity index (χ0) is 25.7. The summed E-state index contributed by atoms with van der Waals surface area (Å²) in [4.78, 5) is 27.9. The van der Waals surface area contributed by atoms with Crippen molar-refractivity contribution < 1.29 is 24.2 Å². The first kappa shape index (κ1) is 25.1. The number of ketones is 1. The molecule has 3 aromatic rings. The summed E-state index contributed by atoms with van der Waals surface area (Å²) in [6.45, 7) is 0.269. The molecule has 1 amide bonds. The molecule has 0 aromatic heterocycles. The van der Waals surface area contributed by atoms with Gasteiger partial charge in [-0.25, -0.2) is 0 Å². The lowest BCUT2D eigenvalue weighted by atomic mass is 9.95. The highest BCUT2D eigenvalue weighted by Crippen LogP contribution is 2.38. The van der Waals surface area contributed by atoms with Crippen molar-refractivity contribution in [2.75, 3.05) is 20.8 Å². The van der Waals surface area contributed by atoms with E-state index in [1.165, 1.54) is 11.0 Å². The molecule has 6 nitrogen and oxygen atoms in total. The van der Waals surface area contributed by atoms with Gasteiger partial charge < -0.3 is 19.5 Å². The number of amides is 1. The molecule has 0 bridgehead atoms. The lowest BCUT2D eigenvalue weighted by Gasteiger charge is -2.27. The fraction of sp³-hybridized carbons (Fsp3) is 0.172. The molecule has 7 heteroatoms. The monoisotopic (exact) mass is 503 g/mol. The predicted molar refractivity (Wildman–Crippen MR) is 139 cm³/mol. The third kappa shape index (κ3) is 5.29. The van der Waals surface area contributed by atoms with Gasteiger partial charge >= 0.3 is 0 Å². The Labute approximate surface area is 215 Å². The first-order chi connectivity index (χ1) is 17.4. The van der Waals surface area contributed by atoms with Crippen molar-refractivity contribution >= 4 is 29.4 Å². The number of halogens is 1. The predicted octanol–water partition coefficient (Wildman–Crippen LogP) is 5.58. The third-order valence-corrected chi connectivity index (χ3v) is 6.32. The first-order valence-electron chi connectivity index (χ1n) is 11.4. The molecule has 4 rings (SSSR count). The largest absolute Gasteiger partial charge is 0.503 e. The molecule has 1 heterocycles. The van der Waals surface area contributed by atoms with Crippen LogP contribution in [-0.4, -0.2) is 42.5 Å². The number of rotatable bonds is 9. The number of carbonyl (C=O) groups is 2. The van der Waals surface area contributed by atoms with Gasteiger partial charge in [-0.3, -0.25) is 9.59 Å². The van der Waals surface area contributed by atoms with Crippen molar-refractivity contribution in [3.8, 4) is 11.5 Å². The van der Waals surface area contributed by atoms with Gasteiger partial charge in [0.1, 0.15) is 0 Å². The smallest absolute Gasteiger partial charge is 0.290 e. The Morgan fingerprint density at radius 1 is 1.00 bits per heavy atom. The van der Waals surface area contributed by atoms with Crippen LogP contribution in [0.1, 0.15) is 22.7 Å². The van der Waals surface area contributed by atoms with Crippen LogP contribution in [-0.2, 0) is 16.0 Å². The summed E-state index contributed by atoms with van der Waals surface area (Å²) in [7, 11) is 3.13. The van der Waals surface area contributed by atoms with E-state index in [1.54, 1.807) is 50.6 Å². The number of nitrogens with zero attached hydrogens (tertiary/aromatic N) is 1. The quantitative estimate of drug-likeness (QED) is 0.386. The lowest BCUT2D eigenvalue weighted by molar-refractivity contribution is -0.129. The summed E-state index contributed by atoms with van der Waals surface area (Å²) in [5.74, 6) is -0.370. The minimum Gasteiger partial charge on any atom is -0.503 e. The van der Waals surface area contributed by atoms with Crippen LogP contribution in [0.15, 0.2) is 90.2 Å². The van der Waals surface area contributed by atoms with E-state index in [1.807, 2.05) is 42.5 Å². The van der Waals surface area contributed by atoms with Gasteiger partial charge in [-0.1, -0.05) is 66.2 Å². The molecule has 1 aliphatic rings. The molecule has 0 fully saturated rings. The van der Waals surface area contributed by atoms with Crippen molar-refractivity contribution in [1.29, 1.82) is 0 Å². The topological polar surface area (TPSA) is 76.1 Å². The molecule has 3 aromatic carbocycles. The molecule has 0 radical (unpaired) electrons. The summed E-state index contributed by atoms with van der Waals surface area (Å²) >= 11 is 6.08. The van der Waals surface area contributed by atoms with Crippen molar-refractivity contribution in [2.24, 2.45) is 0 Å². The van der Waals surface area contributed by atoms with Crippen LogP contribution in [0.4, 0.5) is 0 Å². The van der Waals surface area contributed by atoms with Crippen LogP contribution in [0.3, 0.4) is 0 Å². The number of aliphatic hydroxyl groups is 1. The van der Waals surface area contributed by atoms with E-state index in [-0.39, 0.29) is 12.1 Å². The minimum atomic E-state index is -0.747. The fourth-order valence-electron chi connectivity index (χ4n) is 4.24. The fourth-order valence-corrected chi connectivity index (χ4v) is 4.37. The van der Waals surface area contributed by atoms with E-state index in [0.717, 1.165) is 11.1 Å². The van der Waals surface area contributed by atoms with Crippen molar-refractivity contribution in [2.45, 2.75) is 12.5 Å². The van der Waals surface area contributed by atoms with Gasteiger partial charge in [-0.05, 0) is 53.5 Å². The number of benzene rings is 3. The minimum absolute atomic E-state index is 0.0433. The summed E-state index contributed by atoms with van der Waals surface area (Å²) in [5.41, 5.74) is 2.48. The molecule has 0 saturated heterocycles. The summed E-state index contributed by atoms with van der Waals surface area (Å²) < 4.78 is 10.7. The maximum atomic E-state index is 13.3. The molecular weight excluding hydrogens is 478 g/mol. The van der Waals surface area contributed by atoms with Crippen molar-refractivity contribution in [3.05, 3.63) is 112 Å². The molecule has 184 valence electrons. The van der Waals surface area contributed by atoms with Gasteiger partial charge in [0.25, 0.3) is 5.91 Å². The number of methoxy groups -OCH3 is 2. The second-order valence-electron chi connectivity index (χ2n) is 8.26. The Bertz CT molecular complexity index is 1320. The lowest BCUT2D eigenvalue weighted by Crippen LogP contribution is -2.33. The molecule has 0 saturated carbocycles. The Morgan fingerprint density at radius 3 is 2.36 bits per heavy atom. The Morgan fingerprint density at radius 2 is 1.69 bits per heavy atom. The summed E-state index contributed by atoms with van der Waals surface area (Å²) in [6, 6.07) is 21.1. The van der Waals surface area contributed by atoms with Gasteiger partial charge in [0.05, 0.1) is 25.8 Å². The van der Waals surface area contributed by atoms with Gasteiger partial charge in [-0.15, -0.1) is 0 Å². The highest BCUT2D eigenvalue weighted by Gasteiger charge is 2.42. The van der Waals surface area contributed by atoms with Gasteiger partial charge in [0.15, 0.2) is 23.0 Å². The van der Waals surface area contributed by atoms with Crippen molar-refractivity contribution in [3.63, 3.8) is 0 Å². The molecule has 1 aliphatic heterocycles. The maximum Gasteiger partial charge on any atom is 0.290 e. The zero-order valence-corrected chi connectivity index (χ0v) is 20.7. The zero-order valence-electron chi connectivity index (χ0n) is 20.0. The molecule has 1 N–H and O–H groups in total. The standard InChI is InChI=1S/C29H26ClNO5/c1-35-24-15-9-20(18-25(24)36-2)16-17-31-27(21-10-12-22(30)13-11-21)26(28(33)29(31)34)23(32)14-8-19-6-4-3-5-7-19/h3-15,18,27,33H,16-17H2,1-2H3/b14-8+. The molecule has 0 spiro atoms.